The number of methoxy groups -OCH3 is 3. The molecule has 1 fully saturated rings. The van der Waals surface area contributed by atoms with Crippen molar-refractivity contribution >= 4 is 17.8 Å². The van der Waals surface area contributed by atoms with Gasteiger partial charge in [0.15, 0.2) is 11.5 Å². The number of rotatable bonds is 8. The summed E-state index contributed by atoms with van der Waals surface area (Å²) in [6.07, 6.45) is 1.91. The summed E-state index contributed by atoms with van der Waals surface area (Å²) in [6.45, 7) is 1.97. The number of carbonyl (C=O) groups excluding carboxylic acids is 3. The number of amides is 4. The molecule has 0 aliphatic carbocycles. The second kappa shape index (κ2) is 8.07. The molecule has 26 heavy (non-hydrogen) atoms. The van der Waals surface area contributed by atoms with Crippen LogP contribution in [0.4, 0.5) is 4.79 Å². The Morgan fingerprint density at radius 2 is 1.46 bits per heavy atom. The first-order valence-electron chi connectivity index (χ1n) is 8.37. The lowest BCUT2D eigenvalue weighted by molar-refractivity contribution is -0.145. The molecule has 1 aliphatic rings. The summed E-state index contributed by atoms with van der Waals surface area (Å²) in [5.41, 5.74) is -0.704. The van der Waals surface area contributed by atoms with E-state index < -0.39 is 23.3 Å². The maximum atomic E-state index is 12.6. The fraction of sp³-hybridized carbons (Fsp3) is 0.500. The molecule has 4 amide bonds. The lowest BCUT2D eigenvalue weighted by atomic mass is 9.74. The number of carbonyl (C=O) groups is 3. The third kappa shape index (κ3) is 3.58. The molecular formula is C18H24N2O6. The van der Waals surface area contributed by atoms with Gasteiger partial charge in [-0.2, -0.15) is 0 Å². The Labute approximate surface area is 152 Å². The van der Waals surface area contributed by atoms with Crippen molar-refractivity contribution in [1.82, 2.24) is 10.6 Å². The smallest absolute Gasteiger partial charge is 0.328 e. The van der Waals surface area contributed by atoms with Gasteiger partial charge < -0.3 is 14.2 Å². The molecule has 0 radical (unpaired) electrons. The number of urea groups is 1. The van der Waals surface area contributed by atoms with Crippen LogP contribution in [0.25, 0.3) is 0 Å². The minimum absolute atomic E-state index is 0.106. The van der Waals surface area contributed by atoms with Gasteiger partial charge in [0.25, 0.3) is 0 Å². The van der Waals surface area contributed by atoms with E-state index in [2.05, 4.69) is 10.6 Å². The highest BCUT2D eigenvalue weighted by molar-refractivity contribution is 6.19. The third-order valence-electron chi connectivity index (χ3n) is 4.51. The number of nitrogens with one attached hydrogen (secondary N) is 2. The zero-order valence-corrected chi connectivity index (χ0v) is 15.4. The van der Waals surface area contributed by atoms with Crippen molar-refractivity contribution in [3.8, 4) is 17.2 Å². The van der Waals surface area contributed by atoms with Crippen LogP contribution < -0.4 is 24.8 Å². The van der Waals surface area contributed by atoms with Gasteiger partial charge in [0, 0.05) is 0 Å². The Hall–Kier alpha value is -2.77. The molecule has 1 aliphatic heterocycles. The van der Waals surface area contributed by atoms with Crippen LogP contribution in [0.2, 0.25) is 0 Å². The van der Waals surface area contributed by atoms with Gasteiger partial charge in [-0.25, -0.2) is 4.79 Å². The topological polar surface area (TPSA) is 103 Å². The first-order chi connectivity index (χ1) is 12.4. The van der Waals surface area contributed by atoms with Gasteiger partial charge in [-0.3, -0.25) is 20.2 Å². The summed E-state index contributed by atoms with van der Waals surface area (Å²) in [4.78, 5) is 36.7. The maximum Gasteiger partial charge on any atom is 0.328 e. The molecule has 2 N–H and O–H groups in total. The summed E-state index contributed by atoms with van der Waals surface area (Å²) in [5, 5.41) is 4.43. The molecule has 0 unspecified atom stereocenters. The Bertz CT molecular complexity index is 671. The minimum Gasteiger partial charge on any atom is -0.493 e. The van der Waals surface area contributed by atoms with Crippen LogP contribution in [0, 0.1) is 5.41 Å². The van der Waals surface area contributed by atoms with Gasteiger partial charge in [0.05, 0.1) is 21.3 Å². The molecule has 2 rings (SSSR count). The average molecular weight is 364 g/mol. The minimum atomic E-state index is -1.37. The predicted octanol–water partition coefficient (Wildman–Crippen LogP) is 1.80. The lowest BCUT2D eigenvalue weighted by Gasteiger charge is -2.34. The molecule has 1 aromatic rings. The van der Waals surface area contributed by atoms with E-state index in [1.807, 2.05) is 6.92 Å². The molecular weight excluding hydrogens is 340 g/mol. The highest BCUT2D eigenvalue weighted by atomic mass is 16.5. The SMILES string of the molecule is CCCCC1(Cc2cc(OC)c(OC)c(OC)c2)C(=O)NC(=O)NC1=O. The first kappa shape index (κ1) is 19.6. The van der Waals surface area contributed by atoms with Crippen LogP contribution in [0.15, 0.2) is 12.1 Å². The molecule has 1 heterocycles. The van der Waals surface area contributed by atoms with Crippen molar-refractivity contribution in [2.75, 3.05) is 21.3 Å². The molecule has 8 nitrogen and oxygen atoms in total. The normalized spacial score (nSPS) is 15.9. The fourth-order valence-corrected chi connectivity index (χ4v) is 3.12. The van der Waals surface area contributed by atoms with Crippen molar-refractivity contribution in [3.63, 3.8) is 0 Å². The van der Waals surface area contributed by atoms with Gasteiger partial charge in [-0.15, -0.1) is 0 Å². The summed E-state index contributed by atoms with van der Waals surface area (Å²) in [5.74, 6) is 0.108. The Balaban J connectivity index is 2.47. The molecule has 8 heteroatoms. The van der Waals surface area contributed by atoms with Crippen LogP contribution >= 0.6 is 0 Å². The van der Waals surface area contributed by atoms with Crippen LogP contribution in [0.3, 0.4) is 0 Å². The monoisotopic (exact) mass is 364 g/mol. The molecule has 0 spiro atoms. The number of unbranched alkanes of at least 4 members (excludes halogenated alkanes) is 1. The number of benzene rings is 1. The predicted molar refractivity (Wildman–Crippen MR) is 93.4 cm³/mol. The highest BCUT2D eigenvalue weighted by Gasteiger charge is 2.49. The van der Waals surface area contributed by atoms with E-state index in [1.54, 1.807) is 12.1 Å². The number of hydrogen-bond donors (Lipinski definition) is 2. The number of imide groups is 2. The van der Waals surface area contributed by atoms with Crippen molar-refractivity contribution in [2.24, 2.45) is 5.41 Å². The van der Waals surface area contributed by atoms with E-state index in [0.717, 1.165) is 6.42 Å². The second-order valence-electron chi connectivity index (χ2n) is 6.13. The van der Waals surface area contributed by atoms with Gasteiger partial charge in [0.1, 0.15) is 5.41 Å². The van der Waals surface area contributed by atoms with Crippen molar-refractivity contribution in [3.05, 3.63) is 17.7 Å². The maximum absolute atomic E-state index is 12.6. The zero-order valence-electron chi connectivity index (χ0n) is 15.4. The summed E-state index contributed by atoms with van der Waals surface area (Å²) in [7, 11) is 4.48. The molecule has 0 atom stereocenters. The number of barbiturate groups is 1. The van der Waals surface area contributed by atoms with Crippen LogP contribution in [0.5, 0.6) is 17.2 Å². The van der Waals surface area contributed by atoms with E-state index in [1.165, 1.54) is 21.3 Å². The van der Waals surface area contributed by atoms with E-state index >= 15 is 0 Å². The Morgan fingerprint density at radius 1 is 0.923 bits per heavy atom. The van der Waals surface area contributed by atoms with Crippen molar-refractivity contribution in [1.29, 1.82) is 0 Å². The van der Waals surface area contributed by atoms with E-state index in [0.29, 0.717) is 35.7 Å². The van der Waals surface area contributed by atoms with Crippen LogP contribution in [-0.4, -0.2) is 39.2 Å². The molecule has 0 saturated carbocycles. The molecule has 1 aromatic carbocycles. The number of ether oxygens (including phenoxy) is 3. The van der Waals surface area contributed by atoms with Crippen molar-refractivity contribution < 1.29 is 28.6 Å². The van der Waals surface area contributed by atoms with Gasteiger partial charge >= 0.3 is 6.03 Å². The van der Waals surface area contributed by atoms with Gasteiger partial charge in [-0.05, 0) is 30.5 Å². The zero-order chi connectivity index (χ0) is 19.3. The Morgan fingerprint density at radius 3 is 1.88 bits per heavy atom. The second-order valence-corrected chi connectivity index (χ2v) is 6.13. The molecule has 1 saturated heterocycles. The van der Waals surface area contributed by atoms with Crippen LogP contribution in [-0.2, 0) is 16.0 Å². The van der Waals surface area contributed by atoms with E-state index in [-0.39, 0.29) is 6.42 Å². The molecule has 0 bridgehead atoms. The summed E-state index contributed by atoms with van der Waals surface area (Å²) >= 11 is 0. The number of hydrogen-bond acceptors (Lipinski definition) is 6. The van der Waals surface area contributed by atoms with Gasteiger partial charge in [0.2, 0.25) is 17.6 Å². The first-order valence-corrected chi connectivity index (χ1v) is 8.37. The van der Waals surface area contributed by atoms with Crippen molar-refractivity contribution in [2.45, 2.75) is 32.6 Å². The van der Waals surface area contributed by atoms with Gasteiger partial charge in [-0.1, -0.05) is 19.8 Å². The van der Waals surface area contributed by atoms with E-state index in [9.17, 15) is 14.4 Å². The quantitative estimate of drug-likeness (QED) is 0.682. The van der Waals surface area contributed by atoms with Crippen LogP contribution in [0.1, 0.15) is 31.7 Å². The third-order valence-corrected chi connectivity index (χ3v) is 4.51. The lowest BCUT2D eigenvalue weighted by Crippen LogP contribution is -2.63. The largest absolute Gasteiger partial charge is 0.493 e. The average Bonchev–Trinajstić information content (AvgIpc) is 2.62. The standard InChI is InChI=1S/C18H24N2O6/c1-5-6-7-18(15(21)19-17(23)20-16(18)22)10-11-8-12(24-2)14(26-4)13(9-11)25-3/h8-9H,5-7,10H2,1-4H3,(H2,19,20,21,22,23). The molecule has 142 valence electrons. The summed E-state index contributed by atoms with van der Waals surface area (Å²) in [6, 6.07) is 2.61. The molecule has 0 aromatic heterocycles. The van der Waals surface area contributed by atoms with E-state index in [4.69, 9.17) is 14.2 Å². The fourth-order valence-electron chi connectivity index (χ4n) is 3.12. The summed E-state index contributed by atoms with van der Waals surface area (Å²) < 4.78 is 16.0. The Kier molecular flexibility index (Phi) is 6.07. The highest BCUT2D eigenvalue weighted by Crippen LogP contribution is 2.41.